The van der Waals surface area contributed by atoms with Crippen molar-refractivity contribution in [1.82, 2.24) is 4.90 Å². The first-order chi connectivity index (χ1) is 15.9. The van der Waals surface area contributed by atoms with Gasteiger partial charge in [0.25, 0.3) is 11.1 Å². The standard InChI is InChI=1S/C24H18ClNO6S/c1-2-30-20-12-15(8-9-18(20)32-23(28)19-7-4-10-31-19)13-21-22(27)26(24(29)33-21)14-16-5-3-6-17(25)11-16/h3-13H,2,14H2,1H3/b21-13-. The van der Waals surface area contributed by atoms with E-state index in [0.717, 1.165) is 17.3 Å². The number of esters is 1. The number of halogens is 1. The Morgan fingerprint density at radius 3 is 2.70 bits per heavy atom. The van der Waals surface area contributed by atoms with Gasteiger partial charge in [-0.2, -0.15) is 0 Å². The number of hydrogen-bond donors (Lipinski definition) is 0. The molecule has 33 heavy (non-hydrogen) atoms. The zero-order valence-electron chi connectivity index (χ0n) is 17.4. The molecule has 1 fully saturated rings. The molecule has 0 N–H and O–H groups in total. The molecule has 2 aromatic carbocycles. The van der Waals surface area contributed by atoms with Crippen molar-refractivity contribution in [3.8, 4) is 11.5 Å². The summed E-state index contributed by atoms with van der Waals surface area (Å²) in [4.78, 5) is 38.9. The molecule has 0 unspecified atom stereocenters. The summed E-state index contributed by atoms with van der Waals surface area (Å²) in [5.74, 6) is -0.448. The molecular weight excluding hydrogens is 466 g/mol. The number of rotatable bonds is 7. The maximum absolute atomic E-state index is 12.8. The fraction of sp³-hybridized carbons (Fsp3) is 0.125. The summed E-state index contributed by atoms with van der Waals surface area (Å²) in [5.41, 5.74) is 1.37. The summed E-state index contributed by atoms with van der Waals surface area (Å²) in [7, 11) is 0. The molecule has 0 spiro atoms. The third kappa shape index (κ3) is 5.30. The van der Waals surface area contributed by atoms with Gasteiger partial charge in [-0.25, -0.2) is 4.79 Å². The van der Waals surface area contributed by atoms with E-state index in [1.807, 2.05) is 0 Å². The third-order valence-electron chi connectivity index (χ3n) is 4.59. The molecule has 0 saturated carbocycles. The summed E-state index contributed by atoms with van der Waals surface area (Å²) >= 11 is 6.86. The van der Waals surface area contributed by atoms with Crippen LogP contribution in [0.2, 0.25) is 5.02 Å². The van der Waals surface area contributed by atoms with Crippen molar-refractivity contribution < 1.29 is 28.3 Å². The first-order valence-corrected chi connectivity index (χ1v) is 11.2. The highest BCUT2D eigenvalue weighted by atomic mass is 35.5. The molecule has 2 amide bonds. The van der Waals surface area contributed by atoms with Crippen molar-refractivity contribution in [3.63, 3.8) is 0 Å². The number of benzene rings is 2. The second-order valence-electron chi connectivity index (χ2n) is 6.90. The molecule has 1 aliphatic heterocycles. The maximum Gasteiger partial charge on any atom is 0.379 e. The van der Waals surface area contributed by atoms with Crippen molar-refractivity contribution in [2.24, 2.45) is 0 Å². The Bertz CT molecular complexity index is 1240. The van der Waals surface area contributed by atoms with Crippen LogP contribution < -0.4 is 9.47 Å². The van der Waals surface area contributed by atoms with Crippen molar-refractivity contribution >= 4 is 46.6 Å². The average molecular weight is 484 g/mol. The Morgan fingerprint density at radius 2 is 1.97 bits per heavy atom. The third-order valence-corrected chi connectivity index (χ3v) is 5.74. The number of hydrogen-bond acceptors (Lipinski definition) is 7. The Hall–Kier alpha value is -3.49. The molecule has 7 nitrogen and oxygen atoms in total. The number of nitrogens with zero attached hydrogens (tertiary/aromatic N) is 1. The van der Waals surface area contributed by atoms with E-state index in [1.165, 1.54) is 17.2 Å². The quantitative estimate of drug-likeness (QED) is 0.239. The fourth-order valence-corrected chi connectivity index (χ4v) is 4.17. The predicted molar refractivity (Wildman–Crippen MR) is 124 cm³/mol. The van der Waals surface area contributed by atoms with Gasteiger partial charge in [-0.3, -0.25) is 14.5 Å². The molecule has 0 aliphatic carbocycles. The van der Waals surface area contributed by atoms with Gasteiger partial charge in [0.1, 0.15) is 0 Å². The molecule has 4 rings (SSSR count). The van der Waals surface area contributed by atoms with Gasteiger partial charge in [0, 0.05) is 5.02 Å². The van der Waals surface area contributed by atoms with Gasteiger partial charge in [0.05, 0.1) is 24.3 Å². The van der Waals surface area contributed by atoms with Crippen LogP contribution in [0.3, 0.4) is 0 Å². The van der Waals surface area contributed by atoms with E-state index in [4.69, 9.17) is 25.5 Å². The minimum absolute atomic E-state index is 0.0647. The van der Waals surface area contributed by atoms with Gasteiger partial charge in [-0.05, 0) is 72.3 Å². The maximum atomic E-state index is 12.8. The smallest absolute Gasteiger partial charge is 0.379 e. The molecule has 1 aromatic heterocycles. The number of amides is 2. The van der Waals surface area contributed by atoms with Gasteiger partial charge in [0.15, 0.2) is 11.5 Å². The van der Waals surface area contributed by atoms with Crippen LogP contribution >= 0.6 is 23.4 Å². The van der Waals surface area contributed by atoms with E-state index in [2.05, 4.69) is 0 Å². The van der Waals surface area contributed by atoms with Crippen LogP contribution in [0, 0.1) is 0 Å². The Labute approximate surface area is 198 Å². The molecule has 0 atom stereocenters. The highest BCUT2D eigenvalue weighted by Crippen LogP contribution is 2.35. The summed E-state index contributed by atoms with van der Waals surface area (Å²) in [6.45, 7) is 2.27. The number of thioether (sulfide) groups is 1. The number of furan rings is 1. The SMILES string of the molecule is CCOc1cc(/C=C2\SC(=O)N(Cc3cccc(Cl)c3)C2=O)ccc1OC(=O)c1ccco1. The fourth-order valence-electron chi connectivity index (χ4n) is 3.12. The molecule has 9 heteroatoms. The predicted octanol–water partition coefficient (Wildman–Crippen LogP) is 5.79. The first kappa shape index (κ1) is 22.7. The van der Waals surface area contributed by atoms with Gasteiger partial charge >= 0.3 is 5.97 Å². The highest BCUT2D eigenvalue weighted by molar-refractivity contribution is 8.18. The minimum atomic E-state index is -0.657. The van der Waals surface area contributed by atoms with Crippen LogP contribution in [0.4, 0.5) is 4.79 Å². The van der Waals surface area contributed by atoms with Crippen LogP contribution in [0.5, 0.6) is 11.5 Å². The largest absolute Gasteiger partial charge is 0.490 e. The number of carbonyl (C=O) groups excluding carboxylic acids is 3. The molecular formula is C24H18ClNO6S. The average Bonchev–Trinajstić information content (AvgIpc) is 3.41. The van der Waals surface area contributed by atoms with Gasteiger partial charge in [-0.1, -0.05) is 29.8 Å². The van der Waals surface area contributed by atoms with E-state index < -0.39 is 11.9 Å². The molecule has 168 valence electrons. The summed E-state index contributed by atoms with van der Waals surface area (Å²) in [5, 5.41) is 0.173. The summed E-state index contributed by atoms with van der Waals surface area (Å²) in [6.07, 6.45) is 2.98. The van der Waals surface area contributed by atoms with E-state index in [1.54, 1.807) is 61.5 Å². The van der Waals surface area contributed by atoms with Crippen LogP contribution in [0.15, 0.2) is 70.2 Å². The number of carbonyl (C=O) groups is 3. The lowest BCUT2D eigenvalue weighted by molar-refractivity contribution is -0.123. The zero-order chi connectivity index (χ0) is 23.4. The highest BCUT2D eigenvalue weighted by Gasteiger charge is 2.35. The van der Waals surface area contributed by atoms with Crippen molar-refractivity contribution in [3.05, 3.63) is 87.7 Å². The lowest BCUT2D eigenvalue weighted by Crippen LogP contribution is -2.27. The molecule has 1 saturated heterocycles. The van der Waals surface area contributed by atoms with E-state index in [9.17, 15) is 14.4 Å². The lowest BCUT2D eigenvalue weighted by atomic mass is 10.1. The molecule has 0 radical (unpaired) electrons. The molecule has 3 aromatic rings. The molecule has 2 heterocycles. The monoisotopic (exact) mass is 483 g/mol. The second kappa shape index (κ2) is 9.97. The summed E-state index contributed by atoms with van der Waals surface area (Å²) in [6, 6.07) is 15.0. The van der Waals surface area contributed by atoms with Crippen molar-refractivity contribution in [2.75, 3.05) is 6.61 Å². The summed E-state index contributed by atoms with van der Waals surface area (Å²) < 4.78 is 16.0. The Balaban J connectivity index is 1.54. The second-order valence-corrected chi connectivity index (χ2v) is 8.33. The Kier molecular flexibility index (Phi) is 6.86. The minimum Gasteiger partial charge on any atom is -0.490 e. The number of ether oxygens (including phenoxy) is 2. The molecule has 0 bridgehead atoms. The van der Waals surface area contributed by atoms with Crippen LogP contribution in [-0.2, 0) is 11.3 Å². The number of imide groups is 1. The Morgan fingerprint density at radius 1 is 1.12 bits per heavy atom. The topological polar surface area (TPSA) is 86.0 Å². The van der Waals surface area contributed by atoms with E-state index >= 15 is 0 Å². The normalized spacial score (nSPS) is 14.7. The van der Waals surface area contributed by atoms with Gasteiger partial charge in [-0.15, -0.1) is 0 Å². The van der Waals surface area contributed by atoms with Crippen LogP contribution in [0.1, 0.15) is 28.6 Å². The van der Waals surface area contributed by atoms with Crippen molar-refractivity contribution in [1.29, 1.82) is 0 Å². The zero-order valence-corrected chi connectivity index (χ0v) is 19.0. The van der Waals surface area contributed by atoms with Crippen molar-refractivity contribution in [2.45, 2.75) is 13.5 Å². The first-order valence-electron chi connectivity index (χ1n) is 9.97. The van der Waals surface area contributed by atoms with E-state index in [0.29, 0.717) is 22.9 Å². The van der Waals surface area contributed by atoms with E-state index in [-0.39, 0.29) is 28.2 Å². The lowest BCUT2D eigenvalue weighted by Gasteiger charge is -2.12. The molecule has 1 aliphatic rings. The van der Waals surface area contributed by atoms with Gasteiger partial charge < -0.3 is 13.9 Å². The van der Waals surface area contributed by atoms with Crippen LogP contribution in [-0.4, -0.2) is 28.6 Å². The van der Waals surface area contributed by atoms with Gasteiger partial charge in [0.2, 0.25) is 5.76 Å². The van der Waals surface area contributed by atoms with Crippen LogP contribution in [0.25, 0.3) is 6.08 Å².